The van der Waals surface area contributed by atoms with Crippen molar-refractivity contribution in [2.75, 3.05) is 18.9 Å². The van der Waals surface area contributed by atoms with E-state index < -0.39 is 11.9 Å². The summed E-state index contributed by atoms with van der Waals surface area (Å²) in [4.78, 5) is 0. The number of halogens is 3. The Balaban J connectivity index is 1.49. The van der Waals surface area contributed by atoms with Crippen molar-refractivity contribution < 1.29 is 23.8 Å². The lowest BCUT2D eigenvalue weighted by molar-refractivity contribution is 0.0942. The van der Waals surface area contributed by atoms with Crippen molar-refractivity contribution in [3.05, 3.63) is 87.0 Å². The van der Waals surface area contributed by atoms with Crippen LogP contribution in [0.2, 0.25) is 10.0 Å². The number of hydrogen-bond donors (Lipinski definition) is 4. The first-order valence-electron chi connectivity index (χ1n) is 11.4. The predicted molar refractivity (Wildman–Crippen MR) is 139 cm³/mol. The Kier molecular flexibility index (Phi) is 8.63. The molecular formula is C26H25Cl2FN4O4. The van der Waals surface area contributed by atoms with Crippen molar-refractivity contribution in [2.24, 2.45) is 0 Å². The first-order chi connectivity index (χ1) is 17.7. The van der Waals surface area contributed by atoms with E-state index >= 15 is 4.39 Å². The molecule has 4 aromatic rings. The third kappa shape index (κ3) is 6.76. The van der Waals surface area contributed by atoms with E-state index in [2.05, 4.69) is 15.5 Å². The summed E-state index contributed by atoms with van der Waals surface area (Å²) in [6.45, 7) is 2.42. The van der Waals surface area contributed by atoms with Crippen LogP contribution in [-0.4, -0.2) is 39.7 Å². The monoisotopic (exact) mass is 546 g/mol. The molecule has 0 amide bonds. The Bertz CT molecular complexity index is 1380. The van der Waals surface area contributed by atoms with Gasteiger partial charge in [-0.25, -0.2) is 4.39 Å². The molecule has 0 aliphatic rings. The number of nitrogens with one attached hydrogen (secondary N) is 1. The molecule has 194 valence electrons. The molecule has 4 rings (SSSR count). The zero-order valence-corrected chi connectivity index (χ0v) is 21.4. The van der Waals surface area contributed by atoms with Gasteiger partial charge < -0.3 is 30.4 Å². The summed E-state index contributed by atoms with van der Waals surface area (Å²) in [5.74, 6) is -0.0424. The van der Waals surface area contributed by atoms with Crippen LogP contribution < -0.4 is 15.8 Å². The number of aliphatic hydroxyl groups is 2. The number of aromatic nitrogens is 2. The molecule has 1 unspecified atom stereocenters. The van der Waals surface area contributed by atoms with Crippen molar-refractivity contribution >= 4 is 28.9 Å². The van der Waals surface area contributed by atoms with E-state index in [-0.39, 0.29) is 47.5 Å². The Morgan fingerprint density at radius 2 is 1.95 bits per heavy atom. The molecule has 0 aliphatic carbocycles. The minimum absolute atomic E-state index is 0.0261. The number of nitrogens with zero attached hydrogens (tertiary/aromatic N) is 2. The van der Waals surface area contributed by atoms with Crippen LogP contribution in [-0.2, 0) is 13.0 Å². The molecule has 1 heterocycles. The molecule has 0 saturated carbocycles. The molecule has 0 bridgehead atoms. The first-order valence-corrected chi connectivity index (χ1v) is 12.1. The summed E-state index contributed by atoms with van der Waals surface area (Å²) in [6.07, 6.45) is -0.779. The van der Waals surface area contributed by atoms with E-state index in [1.54, 1.807) is 6.07 Å². The van der Waals surface area contributed by atoms with Gasteiger partial charge in [-0.15, -0.1) is 10.2 Å². The number of benzene rings is 3. The smallest absolute Gasteiger partial charge is 0.248 e. The van der Waals surface area contributed by atoms with Crippen molar-refractivity contribution in [3.8, 4) is 23.0 Å². The van der Waals surface area contributed by atoms with Gasteiger partial charge in [-0.2, -0.15) is 0 Å². The van der Waals surface area contributed by atoms with Gasteiger partial charge in [-0.05, 0) is 42.3 Å². The molecule has 1 aromatic heterocycles. The SMILES string of the molecule is Cc1cc(CNCC(O)CO)ccc1-c1nnc(Cc2ccc(Cl)c(Oc3cc(N)cc(Cl)c3)c2F)o1. The summed E-state index contributed by atoms with van der Waals surface area (Å²) in [5.41, 5.74) is 9.06. The quantitative estimate of drug-likeness (QED) is 0.207. The molecule has 0 saturated heterocycles. The van der Waals surface area contributed by atoms with Crippen molar-refractivity contribution in [3.63, 3.8) is 0 Å². The highest BCUT2D eigenvalue weighted by Crippen LogP contribution is 2.36. The number of nitrogens with two attached hydrogens (primary N) is 1. The average Bonchev–Trinajstić information content (AvgIpc) is 3.31. The van der Waals surface area contributed by atoms with Gasteiger partial charge in [0, 0.05) is 41.0 Å². The maximum absolute atomic E-state index is 15.3. The molecule has 37 heavy (non-hydrogen) atoms. The van der Waals surface area contributed by atoms with Crippen LogP contribution in [0.1, 0.15) is 22.6 Å². The first kappa shape index (κ1) is 26.8. The fourth-order valence-corrected chi connectivity index (χ4v) is 4.10. The van der Waals surface area contributed by atoms with Gasteiger partial charge in [0.2, 0.25) is 11.8 Å². The second-order valence-corrected chi connectivity index (χ2v) is 9.31. The van der Waals surface area contributed by atoms with Gasteiger partial charge in [0.1, 0.15) is 5.75 Å². The number of hydrogen-bond acceptors (Lipinski definition) is 8. The van der Waals surface area contributed by atoms with E-state index in [9.17, 15) is 5.11 Å². The van der Waals surface area contributed by atoms with Crippen LogP contribution in [0, 0.1) is 12.7 Å². The van der Waals surface area contributed by atoms with Gasteiger partial charge in [0.25, 0.3) is 0 Å². The summed E-state index contributed by atoms with van der Waals surface area (Å²) >= 11 is 12.2. The zero-order valence-electron chi connectivity index (χ0n) is 19.8. The standard InChI is InChI=1S/C26H25Cl2FN4O4/c1-14-6-15(11-31-12-19(35)13-34)2-4-21(14)26-33-32-23(37-26)7-16-3-5-22(28)25(24(16)29)36-20-9-17(27)8-18(30)10-20/h2-6,8-10,19,31,34-35H,7,11-13,30H2,1H3. The van der Waals surface area contributed by atoms with Crippen LogP contribution in [0.3, 0.4) is 0 Å². The average molecular weight is 547 g/mol. The van der Waals surface area contributed by atoms with Gasteiger partial charge >= 0.3 is 0 Å². The lowest BCUT2D eigenvalue weighted by Gasteiger charge is -2.12. The molecule has 0 aliphatic heterocycles. The summed E-state index contributed by atoms with van der Waals surface area (Å²) < 4.78 is 26.8. The van der Waals surface area contributed by atoms with Crippen LogP contribution in [0.15, 0.2) is 52.9 Å². The molecule has 0 spiro atoms. The zero-order chi connectivity index (χ0) is 26.5. The van der Waals surface area contributed by atoms with E-state index in [0.717, 1.165) is 16.7 Å². The number of nitrogen functional groups attached to an aromatic ring is 1. The fourth-order valence-electron chi connectivity index (χ4n) is 3.68. The van der Waals surface area contributed by atoms with Crippen molar-refractivity contribution in [1.29, 1.82) is 0 Å². The second kappa shape index (κ2) is 11.9. The maximum Gasteiger partial charge on any atom is 0.248 e. The maximum atomic E-state index is 15.3. The minimum Gasteiger partial charge on any atom is -0.453 e. The molecule has 0 radical (unpaired) electrons. The number of ether oxygens (including phenoxy) is 1. The third-order valence-corrected chi connectivity index (χ3v) is 6.01. The fraction of sp³-hybridized carbons (Fsp3) is 0.231. The Hall–Kier alpha value is -3.21. The highest BCUT2D eigenvalue weighted by molar-refractivity contribution is 6.32. The number of aliphatic hydroxyl groups excluding tert-OH is 2. The molecule has 3 aromatic carbocycles. The van der Waals surface area contributed by atoms with Crippen LogP contribution >= 0.6 is 23.2 Å². The number of aryl methyl sites for hydroxylation is 1. The lowest BCUT2D eigenvalue weighted by atomic mass is 10.0. The third-order valence-electron chi connectivity index (χ3n) is 5.49. The van der Waals surface area contributed by atoms with E-state index in [4.69, 9.17) is 43.2 Å². The van der Waals surface area contributed by atoms with Crippen molar-refractivity contribution in [2.45, 2.75) is 26.0 Å². The predicted octanol–water partition coefficient (Wildman–Crippen LogP) is 4.90. The highest BCUT2D eigenvalue weighted by atomic mass is 35.5. The van der Waals surface area contributed by atoms with Gasteiger partial charge in [-0.1, -0.05) is 41.4 Å². The highest BCUT2D eigenvalue weighted by Gasteiger charge is 2.19. The number of rotatable bonds is 10. The van der Waals surface area contributed by atoms with Crippen LogP contribution in [0.25, 0.3) is 11.5 Å². The Morgan fingerprint density at radius 3 is 2.68 bits per heavy atom. The minimum atomic E-state index is -0.805. The lowest BCUT2D eigenvalue weighted by Crippen LogP contribution is -2.28. The van der Waals surface area contributed by atoms with Gasteiger partial charge in [-0.3, -0.25) is 0 Å². The molecule has 1 atom stereocenters. The van der Waals surface area contributed by atoms with Gasteiger partial charge in [0.15, 0.2) is 11.6 Å². The molecule has 11 heteroatoms. The summed E-state index contributed by atoms with van der Waals surface area (Å²) in [7, 11) is 0. The normalized spacial score (nSPS) is 12.1. The molecule has 0 fully saturated rings. The summed E-state index contributed by atoms with van der Waals surface area (Å²) in [5, 5.41) is 30.0. The Labute approximate surface area is 222 Å². The molecule has 8 nitrogen and oxygen atoms in total. The van der Waals surface area contributed by atoms with Crippen LogP contribution in [0.4, 0.5) is 10.1 Å². The topological polar surface area (TPSA) is 127 Å². The van der Waals surface area contributed by atoms with E-state index in [0.29, 0.717) is 23.1 Å². The van der Waals surface area contributed by atoms with E-state index in [1.807, 2.05) is 25.1 Å². The molecular weight excluding hydrogens is 522 g/mol. The largest absolute Gasteiger partial charge is 0.453 e. The van der Waals surface area contributed by atoms with E-state index in [1.165, 1.54) is 24.3 Å². The molecule has 5 N–H and O–H groups in total. The van der Waals surface area contributed by atoms with Gasteiger partial charge in [0.05, 0.1) is 24.2 Å². The Morgan fingerprint density at radius 1 is 1.14 bits per heavy atom. The summed E-state index contributed by atoms with van der Waals surface area (Å²) in [6, 6.07) is 13.3. The van der Waals surface area contributed by atoms with Crippen LogP contribution in [0.5, 0.6) is 11.5 Å². The second-order valence-electron chi connectivity index (χ2n) is 8.47. The van der Waals surface area contributed by atoms with Crippen molar-refractivity contribution in [1.82, 2.24) is 15.5 Å². The number of anilines is 1.